The molecule has 3 aromatic rings. The number of nitrogens with zero attached hydrogens (tertiary/aromatic N) is 4. The second-order valence-electron chi connectivity index (χ2n) is 6.71. The van der Waals surface area contributed by atoms with Crippen LogP contribution in [-0.2, 0) is 10.0 Å². The van der Waals surface area contributed by atoms with Gasteiger partial charge in [-0.3, -0.25) is 0 Å². The van der Waals surface area contributed by atoms with Crippen molar-refractivity contribution in [3.63, 3.8) is 0 Å². The van der Waals surface area contributed by atoms with Crippen molar-refractivity contribution in [2.75, 3.05) is 26.3 Å². The fourth-order valence-corrected chi connectivity index (χ4v) is 4.74. The SMILES string of the molecule is O=S(=O)(c1ccc2nnn(OCCOc3ccc(F)cc3)c2c1)N1CCCCC1. The molecule has 0 spiro atoms. The molecule has 0 N–H and O–H groups in total. The fourth-order valence-electron chi connectivity index (χ4n) is 3.20. The summed E-state index contributed by atoms with van der Waals surface area (Å²) in [6, 6.07) is 10.4. The van der Waals surface area contributed by atoms with Gasteiger partial charge in [0.2, 0.25) is 10.0 Å². The second kappa shape index (κ2) is 8.34. The molecule has 154 valence electrons. The average Bonchev–Trinajstić information content (AvgIpc) is 3.15. The van der Waals surface area contributed by atoms with E-state index in [0.29, 0.717) is 29.9 Å². The monoisotopic (exact) mass is 420 g/mol. The maximum atomic E-state index is 12.9. The topological polar surface area (TPSA) is 86.5 Å². The largest absolute Gasteiger partial charge is 0.490 e. The zero-order valence-electron chi connectivity index (χ0n) is 15.7. The molecule has 0 aliphatic carbocycles. The van der Waals surface area contributed by atoms with Crippen LogP contribution in [-0.4, -0.2) is 54.2 Å². The van der Waals surface area contributed by atoms with E-state index < -0.39 is 10.0 Å². The highest BCUT2D eigenvalue weighted by Gasteiger charge is 2.26. The first-order valence-corrected chi connectivity index (χ1v) is 10.9. The minimum Gasteiger partial charge on any atom is -0.490 e. The molecule has 1 aromatic heterocycles. The molecule has 4 rings (SSSR count). The molecule has 0 atom stereocenters. The Morgan fingerprint density at radius 1 is 1.00 bits per heavy atom. The Morgan fingerprint density at radius 2 is 1.76 bits per heavy atom. The van der Waals surface area contributed by atoms with Crippen molar-refractivity contribution < 1.29 is 22.4 Å². The van der Waals surface area contributed by atoms with E-state index in [9.17, 15) is 12.8 Å². The van der Waals surface area contributed by atoms with Crippen LogP contribution in [0.25, 0.3) is 11.0 Å². The zero-order valence-corrected chi connectivity index (χ0v) is 16.5. The van der Waals surface area contributed by atoms with E-state index >= 15 is 0 Å². The van der Waals surface area contributed by atoms with Gasteiger partial charge in [-0.05, 0) is 60.5 Å². The molecule has 8 nitrogen and oxygen atoms in total. The lowest BCUT2D eigenvalue weighted by atomic mass is 10.2. The van der Waals surface area contributed by atoms with Crippen LogP contribution in [0.15, 0.2) is 47.4 Å². The maximum absolute atomic E-state index is 12.9. The van der Waals surface area contributed by atoms with Crippen molar-refractivity contribution in [2.24, 2.45) is 0 Å². The van der Waals surface area contributed by atoms with Crippen molar-refractivity contribution in [3.8, 4) is 5.75 Å². The lowest BCUT2D eigenvalue weighted by Gasteiger charge is -2.25. The number of benzene rings is 2. The summed E-state index contributed by atoms with van der Waals surface area (Å²) in [5.41, 5.74) is 0.993. The first-order valence-electron chi connectivity index (χ1n) is 9.41. The van der Waals surface area contributed by atoms with Gasteiger partial charge in [-0.1, -0.05) is 11.3 Å². The maximum Gasteiger partial charge on any atom is 0.243 e. The minimum absolute atomic E-state index is 0.152. The predicted molar refractivity (Wildman–Crippen MR) is 103 cm³/mol. The molecule has 0 radical (unpaired) electrons. The van der Waals surface area contributed by atoms with Crippen molar-refractivity contribution in [1.29, 1.82) is 0 Å². The van der Waals surface area contributed by atoms with Crippen LogP contribution in [0.5, 0.6) is 5.75 Å². The van der Waals surface area contributed by atoms with E-state index in [1.54, 1.807) is 12.1 Å². The lowest BCUT2D eigenvalue weighted by Crippen LogP contribution is -2.35. The van der Waals surface area contributed by atoms with Crippen LogP contribution in [0.4, 0.5) is 4.39 Å². The minimum atomic E-state index is -3.56. The third-order valence-electron chi connectivity index (χ3n) is 4.72. The molecule has 10 heteroatoms. The van der Waals surface area contributed by atoms with Crippen LogP contribution in [0, 0.1) is 5.82 Å². The molecule has 1 aliphatic rings. The Labute approximate surface area is 167 Å². The number of fused-ring (bicyclic) bond motifs is 1. The van der Waals surface area contributed by atoms with E-state index in [1.807, 2.05) is 0 Å². The number of sulfonamides is 1. The van der Waals surface area contributed by atoms with Gasteiger partial charge in [-0.25, -0.2) is 12.8 Å². The molecule has 1 aliphatic heterocycles. The van der Waals surface area contributed by atoms with Crippen LogP contribution in [0.3, 0.4) is 0 Å². The summed E-state index contributed by atoms with van der Waals surface area (Å²) < 4.78 is 45.7. The Bertz CT molecular complexity index is 1080. The number of ether oxygens (including phenoxy) is 1. The van der Waals surface area contributed by atoms with Gasteiger partial charge in [0.05, 0.1) is 4.90 Å². The highest BCUT2D eigenvalue weighted by Crippen LogP contribution is 2.23. The van der Waals surface area contributed by atoms with Crippen LogP contribution in [0.1, 0.15) is 19.3 Å². The van der Waals surface area contributed by atoms with Crippen molar-refractivity contribution in [3.05, 3.63) is 48.3 Å². The number of piperidine rings is 1. The Morgan fingerprint density at radius 3 is 2.52 bits per heavy atom. The Balaban J connectivity index is 1.44. The van der Waals surface area contributed by atoms with Gasteiger partial charge in [0, 0.05) is 13.1 Å². The second-order valence-corrected chi connectivity index (χ2v) is 8.65. The number of halogens is 1. The number of hydrogen-bond acceptors (Lipinski definition) is 6. The fraction of sp³-hybridized carbons (Fsp3) is 0.368. The highest BCUT2D eigenvalue weighted by atomic mass is 32.2. The normalized spacial score (nSPS) is 15.5. The number of rotatable bonds is 7. The van der Waals surface area contributed by atoms with E-state index in [1.165, 1.54) is 39.5 Å². The van der Waals surface area contributed by atoms with Gasteiger partial charge in [0.15, 0.2) is 6.61 Å². The Hall–Kier alpha value is -2.72. The molecule has 1 fully saturated rings. The zero-order chi connectivity index (χ0) is 20.3. The number of aromatic nitrogens is 3. The van der Waals surface area contributed by atoms with E-state index in [-0.39, 0.29) is 23.9 Å². The highest BCUT2D eigenvalue weighted by molar-refractivity contribution is 7.89. The Kier molecular flexibility index (Phi) is 5.63. The molecular weight excluding hydrogens is 399 g/mol. The van der Waals surface area contributed by atoms with E-state index in [0.717, 1.165) is 19.3 Å². The summed E-state index contributed by atoms with van der Waals surface area (Å²) in [6.45, 7) is 1.43. The van der Waals surface area contributed by atoms with Gasteiger partial charge in [-0.2, -0.15) is 4.31 Å². The predicted octanol–water partition coefficient (Wildman–Crippen LogP) is 2.25. The van der Waals surface area contributed by atoms with Gasteiger partial charge in [0.1, 0.15) is 29.2 Å². The van der Waals surface area contributed by atoms with Crippen LogP contribution < -0.4 is 9.57 Å². The van der Waals surface area contributed by atoms with E-state index in [2.05, 4.69) is 10.3 Å². The summed E-state index contributed by atoms with van der Waals surface area (Å²) in [5, 5.41) is 7.92. The average molecular weight is 420 g/mol. The molecule has 0 saturated carbocycles. The molecule has 2 aromatic carbocycles. The van der Waals surface area contributed by atoms with Gasteiger partial charge >= 0.3 is 0 Å². The van der Waals surface area contributed by atoms with Gasteiger partial charge in [-0.15, -0.1) is 5.10 Å². The van der Waals surface area contributed by atoms with Crippen molar-refractivity contribution >= 4 is 21.1 Å². The smallest absolute Gasteiger partial charge is 0.243 e. The molecule has 0 unspecified atom stereocenters. The molecule has 1 saturated heterocycles. The first-order chi connectivity index (χ1) is 14.0. The summed E-state index contributed by atoms with van der Waals surface area (Å²) in [4.78, 5) is 6.94. The van der Waals surface area contributed by atoms with Crippen molar-refractivity contribution in [1.82, 2.24) is 19.5 Å². The van der Waals surface area contributed by atoms with Crippen LogP contribution >= 0.6 is 0 Å². The first kappa shape index (κ1) is 19.6. The molecule has 2 heterocycles. The molecule has 0 amide bonds. The summed E-state index contributed by atoms with van der Waals surface area (Å²) in [7, 11) is -3.56. The quantitative estimate of drug-likeness (QED) is 0.545. The standard InChI is InChI=1S/C19H21FN4O4S/c20-15-4-6-16(7-5-15)27-12-13-28-24-19-14-17(8-9-18(19)21-22-24)29(25,26)23-10-2-1-3-11-23/h4-9,14H,1-3,10-13H2. The summed E-state index contributed by atoms with van der Waals surface area (Å²) in [6.07, 6.45) is 2.80. The lowest BCUT2D eigenvalue weighted by molar-refractivity contribution is 0.0639. The van der Waals surface area contributed by atoms with Crippen LogP contribution in [0.2, 0.25) is 0 Å². The van der Waals surface area contributed by atoms with Gasteiger partial charge in [0.25, 0.3) is 0 Å². The number of hydrogen-bond donors (Lipinski definition) is 0. The molecular formula is C19H21FN4O4S. The molecule has 0 bridgehead atoms. The summed E-state index contributed by atoms with van der Waals surface area (Å²) in [5.74, 6) is 0.186. The van der Waals surface area contributed by atoms with E-state index in [4.69, 9.17) is 9.57 Å². The van der Waals surface area contributed by atoms with Crippen molar-refractivity contribution in [2.45, 2.75) is 24.2 Å². The third kappa shape index (κ3) is 4.33. The van der Waals surface area contributed by atoms with Gasteiger partial charge < -0.3 is 9.57 Å². The third-order valence-corrected chi connectivity index (χ3v) is 6.61. The summed E-state index contributed by atoms with van der Waals surface area (Å²) >= 11 is 0. The molecule has 29 heavy (non-hydrogen) atoms.